The highest BCUT2D eigenvalue weighted by Gasteiger charge is 2.28. The molecule has 0 aliphatic rings. The number of nitrogens with one attached hydrogen (secondary N) is 1. The summed E-state index contributed by atoms with van der Waals surface area (Å²) in [6.07, 6.45) is -1.52. The molecule has 0 aliphatic carbocycles. The maximum absolute atomic E-state index is 13.2. The molecule has 0 aliphatic heterocycles. The molecule has 2 amide bonds. The number of esters is 1. The summed E-state index contributed by atoms with van der Waals surface area (Å²) in [5, 5.41) is 25.2. The zero-order valence-corrected chi connectivity index (χ0v) is 23.8. The molecule has 3 N–H and O–H groups in total. The molecule has 42 heavy (non-hydrogen) atoms. The van der Waals surface area contributed by atoms with Crippen molar-refractivity contribution in [3.05, 3.63) is 108 Å². The zero-order valence-electron chi connectivity index (χ0n) is 23.8. The van der Waals surface area contributed by atoms with Crippen LogP contribution < -0.4 is 5.32 Å². The van der Waals surface area contributed by atoms with Crippen LogP contribution in [0.1, 0.15) is 25.0 Å². The predicted octanol–water partition coefficient (Wildman–Crippen LogP) is 5.27. The van der Waals surface area contributed by atoms with Crippen LogP contribution in [0.4, 0.5) is 4.79 Å². The SMILES string of the molecule is CC(C)CN(CC(O)C(=O)OCc1ccccc1)C(=O)NC(Cc1ccc(-c2cccc3ccccc23)cc1)C(=O)O. The number of hydrogen-bond donors (Lipinski definition) is 3. The molecule has 2 atom stereocenters. The van der Waals surface area contributed by atoms with E-state index < -0.39 is 30.1 Å². The normalized spacial score (nSPS) is 12.5. The average molecular weight is 569 g/mol. The summed E-state index contributed by atoms with van der Waals surface area (Å²) < 4.78 is 5.20. The number of fused-ring (bicyclic) bond motifs is 1. The Balaban J connectivity index is 1.40. The first-order chi connectivity index (χ1) is 20.2. The highest BCUT2D eigenvalue weighted by atomic mass is 16.5. The second kappa shape index (κ2) is 14.3. The topological polar surface area (TPSA) is 116 Å². The number of aliphatic hydroxyl groups excluding tert-OH is 1. The number of ether oxygens (including phenoxy) is 1. The van der Waals surface area contributed by atoms with Crippen molar-refractivity contribution in [2.45, 2.75) is 39.0 Å². The first-order valence-electron chi connectivity index (χ1n) is 13.9. The van der Waals surface area contributed by atoms with E-state index in [2.05, 4.69) is 23.5 Å². The molecule has 8 nitrogen and oxygen atoms in total. The van der Waals surface area contributed by atoms with Crippen molar-refractivity contribution in [2.24, 2.45) is 5.92 Å². The van der Waals surface area contributed by atoms with Gasteiger partial charge in [-0.3, -0.25) is 0 Å². The lowest BCUT2D eigenvalue weighted by Crippen LogP contribution is -2.52. The number of hydrogen-bond acceptors (Lipinski definition) is 5. The Hall–Kier alpha value is -4.69. The minimum Gasteiger partial charge on any atom is -0.480 e. The smallest absolute Gasteiger partial charge is 0.337 e. The molecule has 2 unspecified atom stereocenters. The predicted molar refractivity (Wildman–Crippen MR) is 162 cm³/mol. The van der Waals surface area contributed by atoms with E-state index in [1.54, 1.807) is 12.1 Å². The number of aliphatic hydroxyl groups is 1. The second-order valence-corrected chi connectivity index (χ2v) is 10.7. The Bertz CT molecular complexity index is 1500. The van der Waals surface area contributed by atoms with Crippen molar-refractivity contribution >= 4 is 28.7 Å². The van der Waals surface area contributed by atoms with Crippen LogP contribution in [0, 0.1) is 5.92 Å². The third-order valence-corrected chi connectivity index (χ3v) is 6.85. The molecule has 218 valence electrons. The highest BCUT2D eigenvalue weighted by molar-refractivity contribution is 5.96. The van der Waals surface area contributed by atoms with Gasteiger partial charge < -0.3 is 25.2 Å². The molecule has 4 rings (SSSR count). The van der Waals surface area contributed by atoms with Crippen molar-refractivity contribution < 1.29 is 29.3 Å². The summed E-state index contributed by atoms with van der Waals surface area (Å²) >= 11 is 0. The van der Waals surface area contributed by atoms with Gasteiger partial charge in [0.2, 0.25) is 0 Å². The van der Waals surface area contributed by atoms with Crippen molar-refractivity contribution in [3.8, 4) is 11.1 Å². The van der Waals surface area contributed by atoms with Gasteiger partial charge in [-0.25, -0.2) is 14.4 Å². The van der Waals surface area contributed by atoms with Gasteiger partial charge in [0, 0.05) is 13.0 Å². The third kappa shape index (κ3) is 8.17. The molecule has 4 aromatic carbocycles. The number of benzene rings is 4. The van der Waals surface area contributed by atoms with Crippen molar-refractivity contribution in [3.63, 3.8) is 0 Å². The van der Waals surface area contributed by atoms with E-state index >= 15 is 0 Å². The number of carbonyl (C=O) groups excluding carboxylic acids is 2. The fourth-order valence-electron chi connectivity index (χ4n) is 4.76. The Morgan fingerprint density at radius 2 is 1.48 bits per heavy atom. The van der Waals surface area contributed by atoms with E-state index in [0.29, 0.717) is 0 Å². The van der Waals surface area contributed by atoms with Crippen LogP contribution >= 0.6 is 0 Å². The Morgan fingerprint density at radius 1 is 0.810 bits per heavy atom. The van der Waals surface area contributed by atoms with Crippen LogP contribution in [0.3, 0.4) is 0 Å². The summed E-state index contributed by atoms with van der Waals surface area (Å²) in [5.41, 5.74) is 3.59. The molecule has 0 fully saturated rings. The van der Waals surface area contributed by atoms with Gasteiger partial charge >= 0.3 is 18.0 Å². The monoisotopic (exact) mass is 568 g/mol. The molecule has 8 heteroatoms. The number of amides is 2. The Labute approximate surface area is 245 Å². The lowest BCUT2D eigenvalue weighted by atomic mass is 9.96. The minimum atomic E-state index is -1.58. The molecule has 0 bridgehead atoms. The van der Waals surface area contributed by atoms with Crippen molar-refractivity contribution in [2.75, 3.05) is 13.1 Å². The van der Waals surface area contributed by atoms with Crippen LogP contribution in [-0.2, 0) is 27.4 Å². The highest BCUT2D eigenvalue weighted by Crippen LogP contribution is 2.28. The maximum atomic E-state index is 13.2. The van der Waals surface area contributed by atoms with Crippen LogP contribution in [0.2, 0.25) is 0 Å². The minimum absolute atomic E-state index is 0.00646. The molecule has 0 saturated heterocycles. The van der Waals surface area contributed by atoms with Crippen LogP contribution in [-0.4, -0.2) is 58.3 Å². The fourth-order valence-corrected chi connectivity index (χ4v) is 4.76. The third-order valence-electron chi connectivity index (χ3n) is 6.85. The van der Waals surface area contributed by atoms with E-state index in [1.165, 1.54) is 4.90 Å². The molecular formula is C34H36N2O6. The molecule has 0 aromatic heterocycles. The number of carboxylic acid groups (broad SMARTS) is 1. The quantitative estimate of drug-likeness (QED) is 0.201. The number of urea groups is 1. The average Bonchev–Trinajstić information content (AvgIpc) is 2.99. The summed E-state index contributed by atoms with van der Waals surface area (Å²) in [7, 11) is 0. The number of carboxylic acids is 1. The molecule has 0 radical (unpaired) electrons. The number of rotatable bonds is 12. The first kappa shape index (κ1) is 30.3. The maximum Gasteiger partial charge on any atom is 0.337 e. The van der Waals surface area contributed by atoms with Crippen molar-refractivity contribution in [1.82, 2.24) is 10.2 Å². The van der Waals surface area contributed by atoms with Crippen LogP contribution in [0.5, 0.6) is 0 Å². The van der Waals surface area contributed by atoms with Gasteiger partial charge in [-0.1, -0.05) is 111 Å². The first-order valence-corrected chi connectivity index (χ1v) is 13.9. The molecule has 0 spiro atoms. The van der Waals surface area contributed by atoms with Gasteiger partial charge in [-0.2, -0.15) is 0 Å². The summed E-state index contributed by atoms with van der Waals surface area (Å²) in [4.78, 5) is 38.9. The van der Waals surface area contributed by atoms with Gasteiger partial charge in [0.25, 0.3) is 0 Å². The van der Waals surface area contributed by atoms with E-state index in [9.17, 15) is 24.6 Å². The van der Waals surface area contributed by atoms with E-state index in [1.807, 2.05) is 80.6 Å². The number of carbonyl (C=O) groups is 3. The van der Waals surface area contributed by atoms with E-state index in [4.69, 9.17) is 4.74 Å². The van der Waals surface area contributed by atoms with Gasteiger partial charge in [0.05, 0.1) is 6.54 Å². The summed E-state index contributed by atoms with van der Waals surface area (Å²) in [6.45, 7) is 3.64. The summed E-state index contributed by atoms with van der Waals surface area (Å²) in [5.74, 6) is -2.04. The van der Waals surface area contributed by atoms with Gasteiger partial charge in [0.1, 0.15) is 12.6 Å². The molecule has 0 saturated carbocycles. The van der Waals surface area contributed by atoms with Gasteiger partial charge in [-0.15, -0.1) is 0 Å². The van der Waals surface area contributed by atoms with E-state index in [-0.39, 0.29) is 32.0 Å². The molecular weight excluding hydrogens is 532 g/mol. The van der Waals surface area contributed by atoms with Gasteiger partial charge in [0.15, 0.2) is 6.10 Å². The number of aliphatic carboxylic acids is 1. The molecule has 4 aromatic rings. The lowest BCUT2D eigenvalue weighted by molar-refractivity contribution is -0.155. The van der Waals surface area contributed by atoms with Gasteiger partial charge in [-0.05, 0) is 38.9 Å². The summed E-state index contributed by atoms with van der Waals surface area (Å²) in [6, 6.07) is 29.0. The fraction of sp³-hybridized carbons (Fsp3) is 0.265. The molecule has 0 heterocycles. The van der Waals surface area contributed by atoms with Crippen LogP contribution in [0.15, 0.2) is 97.1 Å². The second-order valence-electron chi connectivity index (χ2n) is 10.7. The van der Waals surface area contributed by atoms with E-state index in [0.717, 1.165) is 33.0 Å². The van der Waals surface area contributed by atoms with Crippen molar-refractivity contribution in [1.29, 1.82) is 0 Å². The van der Waals surface area contributed by atoms with Crippen LogP contribution in [0.25, 0.3) is 21.9 Å². The standard InChI is InChI=1S/C34H36N2O6/c1-23(2)20-36(21-31(37)33(40)42-22-25-9-4-3-5-10-25)34(41)35-30(32(38)39)19-24-15-17-27(18-16-24)29-14-8-12-26-11-6-7-13-28(26)29/h3-18,23,30-31,37H,19-22H2,1-2H3,(H,35,41)(H,38,39). The Morgan fingerprint density at radius 3 is 2.17 bits per heavy atom. The largest absolute Gasteiger partial charge is 0.480 e. The lowest BCUT2D eigenvalue weighted by Gasteiger charge is -2.28. The zero-order chi connectivity index (χ0) is 30.1. The number of nitrogens with zero attached hydrogens (tertiary/aromatic N) is 1. The Kier molecular flexibility index (Phi) is 10.3.